The standard InChI is InChI=1S/C25H33N3O3/c1-18-5-4-6-23(19(18)2)28-13-11-27(12-14-28)10-9-26-25(29)21-15-20-16-22(30-3)7-8-24(20)31-17-21/h4-8,16,21H,9-15,17H2,1-3H3,(H,26,29). The van der Waals surface area contributed by atoms with E-state index in [1.54, 1.807) is 7.11 Å². The molecule has 31 heavy (non-hydrogen) atoms. The first-order valence-corrected chi connectivity index (χ1v) is 11.2. The highest BCUT2D eigenvalue weighted by Crippen LogP contribution is 2.30. The number of amides is 1. The molecule has 1 fully saturated rings. The number of fused-ring (bicyclic) bond motifs is 1. The zero-order chi connectivity index (χ0) is 21.8. The summed E-state index contributed by atoms with van der Waals surface area (Å²) < 4.78 is 11.1. The molecule has 0 radical (unpaired) electrons. The molecular weight excluding hydrogens is 390 g/mol. The van der Waals surface area contributed by atoms with Gasteiger partial charge in [0.05, 0.1) is 13.0 Å². The summed E-state index contributed by atoms with van der Waals surface area (Å²) in [6, 6.07) is 12.3. The number of hydrogen-bond donors (Lipinski definition) is 1. The number of methoxy groups -OCH3 is 1. The average Bonchev–Trinajstić information content (AvgIpc) is 2.80. The third kappa shape index (κ3) is 4.96. The van der Waals surface area contributed by atoms with Gasteiger partial charge in [0.2, 0.25) is 5.91 Å². The number of piperazine rings is 1. The Bertz CT molecular complexity index is 922. The molecule has 0 aliphatic carbocycles. The number of hydrogen-bond acceptors (Lipinski definition) is 5. The van der Waals surface area contributed by atoms with Crippen molar-refractivity contribution in [3.05, 3.63) is 53.1 Å². The fourth-order valence-corrected chi connectivity index (χ4v) is 4.44. The molecule has 1 atom stereocenters. The van der Waals surface area contributed by atoms with Crippen LogP contribution in [0.4, 0.5) is 5.69 Å². The van der Waals surface area contributed by atoms with E-state index in [9.17, 15) is 4.79 Å². The lowest BCUT2D eigenvalue weighted by atomic mass is 9.96. The summed E-state index contributed by atoms with van der Waals surface area (Å²) in [4.78, 5) is 17.6. The highest BCUT2D eigenvalue weighted by atomic mass is 16.5. The summed E-state index contributed by atoms with van der Waals surface area (Å²) in [5.74, 6) is 1.57. The van der Waals surface area contributed by atoms with Crippen molar-refractivity contribution in [3.63, 3.8) is 0 Å². The zero-order valence-corrected chi connectivity index (χ0v) is 18.8. The molecule has 2 heterocycles. The summed E-state index contributed by atoms with van der Waals surface area (Å²) in [7, 11) is 1.65. The van der Waals surface area contributed by atoms with Crippen LogP contribution in [0.25, 0.3) is 0 Å². The highest BCUT2D eigenvalue weighted by molar-refractivity contribution is 5.79. The van der Waals surface area contributed by atoms with Crippen LogP contribution in [0, 0.1) is 19.8 Å². The van der Waals surface area contributed by atoms with Gasteiger partial charge in [-0.15, -0.1) is 0 Å². The average molecular weight is 424 g/mol. The highest BCUT2D eigenvalue weighted by Gasteiger charge is 2.26. The van der Waals surface area contributed by atoms with E-state index in [1.807, 2.05) is 18.2 Å². The summed E-state index contributed by atoms with van der Waals surface area (Å²) in [6.07, 6.45) is 0.687. The SMILES string of the molecule is COc1ccc2c(c1)CC(C(=O)NCCN1CCN(c3cccc(C)c3C)CC1)CO2. The predicted octanol–water partition coefficient (Wildman–Crippen LogP) is 2.80. The van der Waals surface area contributed by atoms with Gasteiger partial charge in [-0.2, -0.15) is 0 Å². The Morgan fingerprint density at radius 1 is 1.16 bits per heavy atom. The number of aryl methyl sites for hydroxylation is 1. The molecule has 0 aromatic heterocycles. The third-order valence-electron chi connectivity index (χ3n) is 6.56. The largest absolute Gasteiger partial charge is 0.497 e. The van der Waals surface area contributed by atoms with Gasteiger partial charge in [-0.3, -0.25) is 9.69 Å². The van der Waals surface area contributed by atoms with Crippen LogP contribution in [0.2, 0.25) is 0 Å². The molecule has 1 saturated heterocycles. The monoisotopic (exact) mass is 423 g/mol. The first-order chi connectivity index (χ1) is 15.0. The fraction of sp³-hybridized carbons (Fsp3) is 0.480. The van der Waals surface area contributed by atoms with Gasteiger partial charge in [0.1, 0.15) is 18.1 Å². The molecule has 1 amide bonds. The molecule has 6 nitrogen and oxygen atoms in total. The van der Waals surface area contributed by atoms with Crippen molar-refractivity contribution in [2.75, 3.05) is 57.9 Å². The van der Waals surface area contributed by atoms with Crippen LogP contribution in [-0.4, -0.2) is 63.8 Å². The van der Waals surface area contributed by atoms with Crippen LogP contribution in [0.5, 0.6) is 11.5 Å². The van der Waals surface area contributed by atoms with Crippen LogP contribution in [0.15, 0.2) is 36.4 Å². The van der Waals surface area contributed by atoms with Gasteiger partial charge in [-0.05, 0) is 61.2 Å². The number of carbonyl (C=O) groups excluding carboxylic acids is 1. The molecule has 2 aromatic carbocycles. The van der Waals surface area contributed by atoms with Crippen molar-refractivity contribution in [2.24, 2.45) is 5.92 Å². The van der Waals surface area contributed by atoms with Crippen molar-refractivity contribution in [1.82, 2.24) is 10.2 Å². The quantitative estimate of drug-likeness (QED) is 0.774. The molecule has 0 spiro atoms. The maximum absolute atomic E-state index is 12.7. The smallest absolute Gasteiger partial charge is 0.226 e. The van der Waals surface area contributed by atoms with E-state index >= 15 is 0 Å². The Labute approximate surface area is 185 Å². The van der Waals surface area contributed by atoms with Crippen molar-refractivity contribution in [1.29, 1.82) is 0 Å². The number of nitrogens with zero attached hydrogens (tertiary/aromatic N) is 2. The molecule has 2 aromatic rings. The Morgan fingerprint density at radius 2 is 1.97 bits per heavy atom. The molecular formula is C25H33N3O3. The zero-order valence-electron chi connectivity index (χ0n) is 18.8. The van der Waals surface area contributed by atoms with Crippen LogP contribution in [-0.2, 0) is 11.2 Å². The van der Waals surface area contributed by atoms with E-state index in [-0.39, 0.29) is 11.8 Å². The van der Waals surface area contributed by atoms with Gasteiger partial charge in [0.15, 0.2) is 0 Å². The second kappa shape index (κ2) is 9.60. The third-order valence-corrected chi connectivity index (χ3v) is 6.56. The van der Waals surface area contributed by atoms with Crippen molar-refractivity contribution in [2.45, 2.75) is 20.3 Å². The molecule has 1 unspecified atom stereocenters. The van der Waals surface area contributed by atoms with E-state index in [2.05, 4.69) is 47.2 Å². The number of anilines is 1. The van der Waals surface area contributed by atoms with E-state index in [0.717, 1.165) is 49.8 Å². The Morgan fingerprint density at radius 3 is 2.74 bits per heavy atom. The van der Waals surface area contributed by atoms with Gasteiger partial charge in [-0.1, -0.05) is 12.1 Å². The lowest BCUT2D eigenvalue weighted by molar-refractivity contribution is -0.126. The number of carbonyl (C=O) groups is 1. The van der Waals surface area contributed by atoms with Gasteiger partial charge in [-0.25, -0.2) is 0 Å². The van der Waals surface area contributed by atoms with Crippen molar-refractivity contribution >= 4 is 11.6 Å². The first kappa shape index (κ1) is 21.5. The minimum Gasteiger partial charge on any atom is -0.497 e. The van der Waals surface area contributed by atoms with Crippen LogP contribution in [0.3, 0.4) is 0 Å². The van der Waals surface area contributed by atoms with Crippen LogP contribution in [0.1, 0.15) is 16.7 Å². The topological polar surface area (TPSA) is 54.0 Å². The first-order valence-electron chi connectivity index (χ1n) is 11.2. The minimum atomic E-state index is -0.152. The molecule has 166 valence electrons. The van der Waals surface area contributed by atoms with E-state index in [4.69, 9.17) is 9.47 Å². The molecule has 0 bridgehead atoms. The second-order valence-corrected chi connectivity index (χ2v) is 8.52. The Hall–Kier alpha value is -2.73. The van der Waals surface area contributed by atoms with Gasteiger partial charge >= 0.3 is 0 Å². The number of ether oxygens (including phenoxy) is 2. The molecule has 2 aliphatic heterocycles. The summed E-state index contributed by atoms with van der Waals surface area (Å²) in [5.41, 5.74) is 5.10. The number of rotatable bonds is 6. The van der Waals surface area contributed by atoms with E-state index in [0.29, 0.717) is 19.6 Å². The second-order valence-electron chi connectivity index (χ2n) is 8.52. The van der Waals surface area contributed by atoms with Crippen molar-refractivity contribution < 1.29 is 14.3 Å². The molecule has 4 rings (SSSR count). The lowest BCUT2D eigenvalue weighted by Crippen LogP contribution is -2.49. The summed E-state index contributed by atoms with van der Waals surface area (Å²) in [6.45, 7) is 10.4. The molecule has 1 N–H and O–H groups in total. The van der Waals surface area contributed by atoms with Crippen molar-refractivity contribution in [3.8, 4) is 11.5 Å². The Kier molecular flexibility index (Phi) is 6.66. The molecule has 0 saturated carbocycles. The van der Waals surface area contributed by atoms with Gasteiger partial charge in [0, 0.05) is 45.0 Å². The molecule has 6 heteroatoms. The Balaban J connectivity index is 1.21. The lowest BCUT2D eigenvalue weighted by Gasteiger charge is -2.37. The fourth-order valence-electron chi connectivity index (χ4n) is 4.44. The number of benzene rings is 2. The maximum atomic E-state index is 12.7. The van der Waals surface area contributed by atoms with E-state index < -0.39 is 0 Å². The van der Waals surface area contributed by atoms with Gasteiger partial charge < -0.3 is 19.7 Å². The number of nitrogens with one attached hydrogen (secondary N) is 1. The maximum Gasteiger partial charge on any atom is 0.226 e. The summed E-state index contributed by atoms with van der Waals surface area (Å²) in [5, 5.41) is 3.11. The normalized spacial score (nSPS) is 18.8. The summed E-state index contributed by atoms with van der Waals surface area (Å²) >= 11 is 0. The van der Waals surface area contributed by atoms with Gasteiger partial charge in [0.25, 0.3) is 0 Å². The minimum absolute atomic E-state index is 0.0718. The molecule has 2 aliphatic rings. The van der Waals surface area contributed by atoms with Crippen LogP contribution < -0.4 is 19.7 Å². The van der Waals surface area contributed by atoms with Crippen LogP contribution >= 0.6 is 0 Å². The predicted molar refractivity (Wildman–Crippen MR) is 123 cm³/mol. The van der Waals surface area contributed by atoms with E-state index in [1.165, 1.54) is 16.8 Å².